The number of amides is 1. The summed E-state index contributed by atoms with van der Waals surface area (Å²) in [6.07, 6.45) is -3.40. The minimum absolute atomic E-state index is 0.0119. The van der Waals surface area contributed by atoms with Gasteiger partial charge in [-0.15, -0.1) is 0 Å². The summed E-state index contributed by atoms with van der Waals surface area (Å²) >= 11 is 0. The number of nitrogens with one attached hydrogen (secondary N) is 1. The summed E-state index contributed by atoms with van der Waals surface area (Å²) in [6.45, 7) is 1.57. The second-order valence-electron chi connectivity index (χ2n) is 11.1. The zero-order valence-corrected chi connectivity index (χ0v) is 27.3. The van der Waals surface area contributed by atoms with Crippen molar-refractivity contribution >= 4 is 50.0 Å². The fraction of sp³-hybridized carbons (Fsp3) is 0.273. The number of likely N-dealkylation sites (tertiary alicyclic amines) is 1. The number of hydrogen-bond acceptors (Lipinski definition) is 9. The first-order valence-corrected chi connectivity index (χ1v) is 16.5. The molecule has 5 rings (SSSR count). The molecule has 1 aliphatic heterocycles. The van der Waals surface area contributed by atoms with Gasteiger partial charge in [-0.3, -0.25) is 9.59 Å². The number of nitrogens with two attached hydrogens (primary N) is 1. The van der Waals surface area contributed by atoms with E-state index in [2.05, 4.69) is 10.3 Å². The predicted molar refractivity (Wildman–Crippen MR) is 174 cm³/mol. The van der Waals surface area contributed by atoms with E-state index >= 15 is 0 Å². The molecule has 1 fully saturated rings. The van der Waals surface area contributed by atoms with Crippen LogP contribution in [0.25, 0.3) is 10.8 Å². The Bertz CT molecular complexity index is 2030. The molecular weight excluding hydrogens is 688 g/mol. The predicted octanol–water partition coefficient (Wildman–Crippen LogP) is 5.22. The number of alkyl halides is 3. The zero-order chi connectivity index (χ0) is 37.0. The number of nitrogen functional groups attached to an aromatic ring is 1. The minimum Gasteiger partial charge on any atom is -0.494 e. The van der Waals surface area contributed by atoms with Gasteiger partial charge >= 0.3 is 18.1 Å². The Labute approximate surface area is 283 Å². The molecule has 0 aliphatic carbocycles. The number of benzene rings is 3. The summed E-state index contributed by atoms with van der Waals surface area (Å²) in [5.41, 5.74) is 7.15. The molecule has 1 saturated heterocycles. The Kier molecular flexibility index (Phi) is 11.2. The highest BCUT2D eigenvalue weighted by Gasteiger charge is 2.45. The quantitative estimate of drug-likeness (QED) is 0.166. The van der Waals surface area contributed by atoms with Gasteiger partial charge in [-0.25, -0.2) is 22.6 Å². The number of sulfone groups is 1. The summed E-state index contributed by atoms with van der Waals surface area (Å²) in [5.74, 6) is -5.99. The van der Waals surface area contributed by atoms with E-state index in [1.54, 1.807) is 48.7 Å². The van der Waals surface area contributed by atoms with E-state index in [1.807, 2.05) is 0 Å². The third-order valence-electron chi connectivity index (χ3n) is 8.06. The van der Waals surface area contributed by atoms with Crippen LogP contribution in [0.5, 0.6) is 5.75 Å². The van der Waals surface area contributed by atoms with E-state index in [0.29, 0.717) is 17.1 Å². The average Bonchev–Trinajstić information content (AvgIpc) is 3.53. The molecule has 1 amide bonds. The molecule has 2 heterocycles. The lowest BCUT2D eigenvalue weighted by Gasteiger charge is -2.32. The Balaban J connectivity index is 0.000000727. The van der Waals surface area contributed by atoms with Crippen LogP contribution in [0.2, 0.25) is 0 Å². The molecule has 3 atom stereocenters. The number of aromatic nitrogens is 1. The van der Waals surface area contributed by atoms with Gasteiger partial charge in [-0.1, -0.05) is 31.2 Å². The number of rotatable bonds is 9. The number of nitrogens with zero attached hydrogens (tertiary/aromatic N) is 2. The fourth-order valence-electron chi connectivity index (χ4n) is 5.61. The number of aliphatic carboxylic acids is 2. The number of carboxylic acids is 2. The molecule has 0 saturated carbocycles. The smallest absolute Gasteiger partial charge is 0.490 e. The van der Waals surface area contributed by atoms with Crippen LogP contribution in [0.1, 0.15) is 36.6 Å². The second kappa shape index (κ2) is 15.0. The molecule has 0 spiro atoms. The van der Waals surface area contributed by atoms with Crippen molar-refractivity contribution in [2.75, 3.05) is 30.5 Å². The van der Waals surface area contributed by atoms with Gasteiger partial charge in [-0.2, -0.15) is 13.2 Å². The van der Waals surface area contributed by atoms with Gasteiger partial charge in [0.25, 0.3) is 0 Å². The summed E-state index contributed by atoms with van der Waals surface area (Å²) in [6, 6.07) is 15.1. The van der Waals surface area contributed by atoms with Gasteiger partial charge in [0.05, 0.1) is 29.7 Å². The van der Waals surface area contributed by atoms with Crippen molar-refractivity contribution in [3.63, 3.8) is 0 Å². The monoisotopic (exact) mass is 720 g/mol. The lowest BCUT2D eigenvalue weighted by atomic mass is 9.93. The third-order valence-corrected chi connectivity index (χ3v) is 9.86. The van der Waals surface area contributed by atoms with Gasteiger partial charge in [0.1, 0.15) is 11.9 Å². The number of halogens is 4. The maximum Gasteiger partial charge on any atom is 0.490 e. The van der Waals surface area contributed by atoms with Crippen molar-refractivity contribution in [3.8, 4) is 5.75 Å². The summed E-state index contributed by atoms with van der Waals surface area (Å²) in [7, 11) is -2.43. The second-order valence-corrected chi connectivity index (χ2v) is 13.3. The van der Waals surface area contributed by atoms with Crippen LogP contribution in [-0.4, -0.2) is 71.9 Å². The topological polar surface area (TPSA) is 189 Å². The number of carbonyl (C=O) groups is 3. The number of anilines is 2. The molecule has 1 aromatic heterocycles. The van der Waals surface area contributed by atoms with Gasteiger partial charge in [0.15, 0.2) is 21.4 Å². The molecule has 0 bridgehead atoms. The van der Waals surface area contributed by atoms with E-state index in [9.17, 15) is 40.7 Å². The summed E-state index contributed by atoms with van der Waals surface area (Å²) < 4.78 is 77.4. The summed E-state index contributed by atoms with van der Waals surface area (Å²) in [5, 5.41) is 22.0. The van der Waals surface area contributed by atoms with Crippen molar-refractivity contribution in [1.29, 1.82) is 0 Å². The van der Waals surface area contributed by atoms with E-state index in [-0.39, 0.29) is 34.9 Å². The molecular formula is C33H32F4N4O8S. The molecule has 4 aromatic rings. The number of methoxy groups -OCH3 is 1. The molecule has 1 aliphatic rings. The highest BCUT2D eigenvalue weighted by Crippen LogP contribution is 2.42. The minimum atomic E-state index is -5.08. The van der Waals surface area contributed by atoms with Crippen LogP contribution in [0.3, 0.4) is 0 Å². The largest absolute Gasteiger partial charge is 0.494 e. The SMILES string of the molecule is CCS(=O)(=O)c1ccccc1C1C(C(=O)O)CCN1C(=O)[C@@H](Nc1ccc2c(N)nccc2c1)c1ccc(F)c(OC)c1.O=C(O)C(F)(F)F. The molecule has 12 nitrogen and oxygen atoms in total. The highest BCUT2D eigenvalue weighted by molar-refractivity contribution is 7.91. The number of fused-ring (bicyclic) bond motifs is 1. The van der Waals surface area contributed by atoms with Crippen LogP contribution in [0, 0.1) is 11.7 Å². The van der Waals surface area contributed by atoms with Crippen molar-refractivity contribution < 1.29 is 55.3 Å². The first-order chi connectivity index (χ1) is 23.5. The Hall–Kier alpha value is -5.45. The van der Waals surface area contributed by atoms with Crippen molar-refractivity contribution in [1.82, 2.24) is 9.88 Å². The molecule has 17 heteroatoms. The first-order valence-electron chi connectivity index (χ1n) is 14.9. The number of carbonyl (C=O) groups excluding carboxylic acids is 1. The van der Waals surface area contributed by atoms with Crippen LogP contribution in [0.4, 0.5) is 29.1 Å². The average molecular weight is 721 g/mol. The molecule has 0 radical (unpaired) electrons. The zero-order valence-electron chi connectivity index (χ0n) is 26.5. The lowest BCUT2D eigenvalue weighted by molar-refractivity contribution is -0.192. The highest BCUT2D eigenvalue weighted by atomic mass is 32.2. The maximum absolute atomic E-state index is 14.5. The maximum atomic E-state index is 14.5. The van der Waals surface area contributed by atoms with Crippen LogP contribution >= 0.6 is 0 Å². The number of hydrogen-bond donors (Lipinski definition) is 4. The lowest BCUT2D eigenvalue weighted by Crippen LogP contribution is -2.39. The van der Waals surface area contributed by atoms with E-state index in [0.717, 1.165) is 10.8 Å². The number of ether oxygens (including phenoxy) is 1. The Morgan fingerprint density at radius 2 is 1.76 bits per heavy atom. The fourth-order valence-corrected chi connectivity index (χ4v) is 6.76. The van der Waals surface area contributed by atoms with Crippen LogP contribution in [-0.2, 0) is 24.2 Å². The molecule has 50 heavy (non-hydrogen) atoms. The molecule has 5 N–H and O–H groups in total. The van der Waals surface area contributed by atoms with Gasteiger partial charge in [-0.05, 0) is 65.4 Å². The number of carboxylic acid groups (broad SMARTS) is 2. The third kappa shape index (κ3) is 8.05. The van der Waals surface area contributed by atoms with Crippen LogP contribution in [0.15, 0.2) is 77.8 Å². The van der Waals surface area contributed by atoms with Gasteiger partial charge in [0, 0.05) is 23.8 Å². The van der Waals surface area contributed by atoms with Crippen molar-refractivity contribution in [3.05, 3.63) is 89.9 Å². The first kappa shape index (κ1) is 37.4. The van der Waals surface area contributed by atoms with Crippen molar-refractivity contribution in [2.24, 2.45) is 5.92 Å². The molecule has 2 unspecified atom stereocenters. The standard InChI is InChI=1S/C31H31FN4O6S.C2HF3O2/c1-3-43(40,41)26-7-5-4-6-22(26)28-23(31(38)39)13-15-36(28)30(37)27(19-8-11-24(32)25(17-19)42-2)35-20-9-10-21-18(16-20)12-14-34-29(21)33;3-2(4,5)1(6)7/h4-12,14,16-17,23,27-28,35H,3,13,15H2,1-2H3,(H2,33,34)(H,38,39);(H,6,7)/t23?,27-,28?;/m0./s1. The van der Waals surface area contributed by atoms with Gasteiger partial charge in [0.2, 0.25) is 5.91 Å². The van der Waals surface area contributed by atoms with Crippen molar-refractivity contribution in [2.45, 2.75) is 36.5 Å². The molecule has 3 aromatic carbocycles. The molecule has 266 valence electrons. The van der Waals surface area contributed by atoms with E-state index in [1.165, 1.54) is 43.2 Å². The van der Waals surface area contributed by atoms with Crippen LogP contribution < -0.4 is 15.8 Å². The van der Waals surface area contributed by atoms with Gasteiger partial charge < -0.3 is 30.9 Å². The summed E-state index contributed by atoms with van der Waals surface area (Å²) in [4.78, 5) is 41.3. The van der Waals surface area contributed by atoms with E-state index in [4.69, 9.17) is 20.4 Å². The number of pyridine rings is 1. The van der Waals surface area contributed by atoms with E-state index < -0.39 is 57.7 Å². The normalized spacial score (nSPS) is 16.6. The Morgan fingerprint density at radius 1 is 1.08 bits per heavy atom. The Morgan fingerprint density at radius 3 is 2.38 bits per heavy atom.